The van der Waals surface area contributed by atoms with E-state index in [2.05, 4.69) is 5.32 Å². The predicted molar refractivity (Wildman–Crippen MR) is 105 cm³/mol. The number of halogens is 1. The van der Waals surface area contributed by atoms with Crippen LogP contribution in [0.25, 0.3) is 0 Å². The number of likely N-dealkylation sites (N-methyl/N-ethyl adjacent to an activating group) is 1. The molecule has 0 aromatic heterocycles. The number of benzene rings is 2. The maximum atomic E-state index is 12.6. The molecular weight excluding hydrogens is 404 g/mol. The minimum absolute atomic E-state index is 0.0760. The Kier molecular flexibility index (Phi) is 6.12. The van der Waals surface area contributed by atoms with Crippen LogP contribution in [0.15, 0.2) is 47.4 Å². The van der Waals surface area contributed by atoms with Gasteiger partial charge in [-0.1, -0.05) is 17.7 Å². The number of hydrogen-bond acceptors (Lipinski definition) is 5. The van der Waals surface area contributed by atoms with Gasteiger partial charge in [0.1, 0.15) is 13.2 Å². The number of rotatable bonds is 6. The summed E-state index contributed by atoms with van der Waals surface area (Å²) in [6.45, 7) is 2.49. The Labute approximate surface area is 169 Å². The molecule has 1 aliphatic rings. The number of carbonyl (C=O) groups excluding carboxylic acids is 1. The summed E-state index contributed by atoms with van der Waals surface area (Å²) in [5.41, 5.74) is 0.834. The Morgan fingerprint density at radius 1 is 1.14 bits per heavy atom. The Bertz CT molecular complexity index is 963. The molecule has 7 nitrogen and oxygen atoms in total. The predicted octanol–water partition coefficient (Wildman–Crippen LogP) is 2.61. The van der Waals surface area contributed by atoms with E-state index in [-0.39, 0.29) is 17.5 Å². The highest BCUT2D eigenvalue weighted by Crippen LogP contribution is 2.32. The molecule has 0 aliphatic carbocycles. The van der Waals surface area contributed by atoms with Gasteiger partial charge in [-0.05, 0) is 48.9 Å². The molecule has 3 rings (SSSR count). The number of sulfonamides is 1. The molecule has 1 amide bonds. The summed E-state index contributed by atoms with van der Waals surface area (Å²) in [5.74, 6) is 0.886. The third kappa shape index (κ3) is 4.57. The van der Waals surface area contributed by atoms with E-state index in [0.29, 0.717) is 29.7 Å². The van der Waals surface area contributed by atoms with Gasteiger partial charge >= 0.3 is 0 Å². The standard InChI is InChI=1S/C19H21ClN2O5S/c1-13(14-3-8-17-18(11-14)27-10-9-26-17)21-19(23)12-22(2)28(24,25)16-6-4-15(20)5-7-16/h3-8,11,13H,9-10,12H2,1-2H3,(H,21,23)/t13-/m0/s1. The molecule has 0 saturated heterocycles. The van der Waals surface area contributed by atoms with Crippen molar-refractivity contribution in [1.82, 2.24) is 9.62 Å². The number of ether oxygens (including phenoxy) is 2. The fourth-order valence-electron chi connectivity index (χ4n) is 2.77. The van der Waals surface area contributed by atoms with Crippen LogP contribution in [0.3, 0.4) is 0 Å². The molecule has 0 unspecified atom stereocenters. The quantitative estimate of drug-likeness (QED) is 0.770. The van der Waals surface area contributed by atoms with Gasteiger partial charge in [0, 0.05) is 12.1 Å². The van der Waals surface area contributed by atoms with Crippen molar-refractivity contribution in [2.45, 2.75) is 17.9 Å². The normalized spacial score (nSPS) is 14.6. The first-order chi connectivity index (χ1) is 13.3. The highest BCUT2D eigenvalue weighted by molar-refractivity contribution is 7.89. The number of fused-ring (bicyclic) bond motifs is 1. The molecule has 28 heavy (non-hydrogen) atoms. The van der Waals surface area contributed by atoms with E-state index in [0.717, 1.165) is 9.87 Å². The van der Waals surface area contributed by atoms with Crippen LogP contribution in [0, 0.1) is 0 Å². The molecule has 1 atom stereocenters. The lowest BCUT2D eigenvalue weighted by Crippen LogP contribution is -2.39. The van der Waals surface area contributed by atoms with Crippen molar-refractivity contribution in [1.29, 1.82) is 0 Å². The van der Waals surface area contributed by atoms with Crippen LogP contribution >= 0.6 is 11.6 Å². The Hall–Kier alpha value is -2.29. The summed E-state index contributed by atoms with van der Waals surface area (Å²) in [4.78, 5) is 12.4. The van der Waals surface area contributed by atoms with Gasteiger partial charge in [0.05, 0.1) is 17.5 Å². The fraction of sp³-hybridized carbons (Fsp3) is 0.316. The van der Waals surface area contributed by atoms with Crippen LogP contribution in [0.2, 0.25) is 5.02 Å². The van der Waals surface area contributed by atoms with Crippen molar-refractivity contribution in [2.24, 2.45) is 0 Å². The third-order valence-electron chi connectivity index (χ3n) is 4.33. The highest BCUT2D eigenvalue weighted by Gasteiger charge is 2.24. The van der Waals surface area contributed by atoms with Crippen molar-refractivity contribution in [2.75, 3.05) is 26.8 Å². The first kappa shape index (κ1) is 20.4. The highest BCUT2D eigenvalue weighted by atomic mass is 35.5. The van der Waals surface area contributed by atoms with E-state index in [1.807, 2.05) is 19.1 Å². The number of carbonyl (C=O) groups is 1. The lowest BCUT2D eigenvalue weighted by molar-refractivity contribution is -0.121. The summed E-state index contributed by atoms with van der Waals surface area (Å²) in [7, 11) is -2.43. The lowest BCUT2D eigenvalue weighted by atomic mass is 10.1. The molecule has 1 aliphatic heterocycles. The molecule has 150 valence electrons. The van der Waals surface area contributed by atoms with Gasteiger partial charge in [0.15, 0.2) is 11.5 Å². The summed E-state index contributed by atoms with van der Waals surface area (Å²) < 4.78 is 37.2. The van der Waals surface area contributed by atoms with Crippen LogP contribution in [0.5, 0.6) is 11.5 Å². The van der Waals surface area contributed by atoms with E-state index in [1.165, 1.54) is 31.3 Å². The molecule has 0 fully saturated rings. The molecule has 0 spiro atoms. The van der Waals surface area contributed by atoms with Gasteiger partial charge in [0.2, 0.25) is 15.9 Å². The number of amides is 1. The molecule has 2 aromatic carbocycles. The first-order valence-corrected chi connectivity index (χ1v) is 10.5. The summed E-state index contributed by atoms with van der Waals surface area (Å²) in [6, 6.07) is 10.9. The van der Waals surface area contributed by atoms with Gasteiger partial charge in [0.25, 0.3) is 0 Å². The van der Waals surface area contributed by atoms with Crippen LogP contribution < -0.4 is 14.8 Å². The van der Waals surface area contributed by atoms with Crippen molar-refractivity contribution in [3.05, 3.63) is 53.1 Å². The largest absolute Gasteiger partial charge is 0.486 e. The molecule has 1 N–H and O–H groups in total. The summed E-state index contributed by atoms with van der Waals surface area (Å²) >= 11 is 5.80. The molecule has 2 aromatic rings. The van der Waals surface area contributed by atoms with Crippen molar-refractivity contribution < 1.29 is 22.7 Å². The smallest absolute Gasteiger partial charge is 0.243 e. The molecule has 0 bridgehead atoms. The van der Waals surface area contributed by atoms with Gasteiger partial charge < -0.3 is 14.8 Å². The molecule has 0 radical (unpaired) electrons. The van der Waals surface area contributed by atoms with Crippen molar-refractivity contribution in [3.63, 3.8) is 0 Å². The number of nitrogens with one attached hydrogen (secondary N) is 1. The SMILES string of the molecule is C[C@H](NC(=O)CN(C)S(=O)(=O)c1ccc(Cl)cc1)c1ccc2c(c1)OCCO2. The zero-order valence-corrected chi connectivity index (χ0v) is 17.1. The van der Waals surface area contributed by atoms with Crippen molar-refractivity contribution >= 4 is 27.5 Å². The van der Waals surface area contributed by atoms with Crippen LogP contribution in [-0.4, -0.2) is 45.4 Å². The Balaban J connectivity index is 1.63. The van der Waals surface area contributed by atoms with Crippen LogP contribution in [-0.2, 0) is 14.8 Å². The average molecular weight is 425 g/mol. The molecule has 1 heterocycles. The second-order valence-electron chi connectivity index (χ2n) is 6.41. The topological polar surface area (TPSA) is 84.9 Å². The van der Waals surface area contributed by atoms with Crippen molar-refractivity contribution in [3.8, 4) is 11.5 Å². The molecular formula is C19H21ClN2O5S. The summed E-state index contributed by atoms with van der Waals surface area (Å²) in [6.07, 6.45) is 0. The zero-order valence-electron chi connectivity index (χ0n) is 15.5. The van der Waals surface area contributed by atoms with E-state index in [1.54, 1.807) is 6.07 Å². The van der Waals surface area contributed by atoms with E-state index >= 15 is 0 Å². The Morgan fingerprint density at radius 3 is 2.46 bits per heavy atom. The second kappa shape index (κ2) is 8.38. The molecule has 9 heteroatoms. The maximum Gasteiger partial charge on any atom is 0.243 e. The van der Waals surface area contributed by atoms with Gasteiger partial charge in [-0.3, -0.25) is 4.79 Å². The third-order valence-corrected chi connectivity index (χ3v) is 6.40. The Morgan fingerprint density at radius 2 is 1.79 bits per heavy atom. The lowest BCUT2D eigenvalue weighted by Gasteiger charge is -2.22. The van der Waals surface area contributed by atoms with Gasteiger partial charge in [-0.25, -0.2) is 8.42 Å². The van der Waals surface area contributed by atoms with Gasteiger partial charge in [-0.15, -0.1) is 0 Å². The summed E-state index contributed by atoms with van der Waals surface area (Å²) in [5, 5.41) is 3.24. The van der Waals surface area contributed by atoms with E-state index in [9.17, 15) is 13.2 Å². The maximum absolute atomic E-state index is 12.6. The first-order valence-electron chi connectivity index (χ1n) is 8.68. The van der Waals surface area contributed by atoms with Crippen LogP contribution in [0.4, 0.5) is 0 Å². The number of nitrogens with zero attached hydrogens (tertiary/aromatic N) is 1. The zero-order chi connectivity index (χ0) is 20.3. The molecule has 0 saturated carbocycles. The van der Waals surface area contributed by atoms with Gasteiger partial charge in [-0.2, -0.15) is 4.31 Å². The van der Waals surface area contributed by atoms with E-state index < -0.39 is 15.9 Å². The van der Waals surface area contributed by atoms with Crippen LogP contribution in [0.1, 0.15) is 18.5 Å². The monoisotopic (exact) mass is 424 g/mol. The van der Waals surface area contributed by atoms with E-state index in [4.69, 9.17) is 21.1 Å². The number of hydrogen-bond donors (Lipinski definition) is 1. The average Bonchev–Trinajstić information content (AvgIpc) is 2.67. The fourth-order valence-corrected chi connectivity index (χ4v) is 4.03. The minimum Gasteiger partial charge on any atom is -0.486 e. The minimum atomic E-state index is -3.79. The second-order valence-corrected chi connectivity index (χ2v) is 8.89.